The molecule has 0 atom stereocenters. The van der Waals surface area contributed by atoms with Crippen molar-refractivity contribution in [1.82, 2.24) is 29.6 Å². The number of fused-ring (bicyclic) bond motifs is 1. The fourth-order valence-electron chi connectivity index (χ4n) is 3.48. The maximum atomic E-state index is 12.2. The number of carbonyl (C=O) groups is 1. The topological polar surface area (TPSA) is 103 Å². The third-order valence-electron chi connectivity index (χ3n) is 4.95. The SMILES string of the molecule is CSCCC(=O)N1CC(CC#N)(n2cc(-c3ncnc4[nH]ccc34)cn2)C1. The van der Waals surface area contributed by atoms with Crippen LogP contribution in [-0.4, -0.2) is 60.6 Å². The summed E-state index contributed by atoms with van der Waals surface area (Å²) in [5, 5.41) is 14.7. The highest BCUT2D eigenvalue weighted by Gasteiger charge is 2.47. The first-order valence-corrected chi connectivity index (χ1v) is 10.0. The molecule has 0 unspecified atom stereocenters. The first-order chi connectivity index (χ1) is 13.2. The second-order valence-electron chi connectivity index (χ2n) is 6.69. The number of thioether (sulfide) groups is 1. The Labute approximate surface area is 160 Å². The highest BCUT2D eigenvalue weighted by molar-refractivity contribution is 7.98. The summed E-state index contributed by atoms with van der Waals surface area (Å²) in [5.41, 5.74) is 1.97. The molecule has 3 aromatic rings. The molecule has 3 aromatic heterocycles. The highest BCUT2D eigenvalue weighted by atomic mass is 32.2. The molecule has 0 saturated carbocycles. The number of hydrogen-bond donors (Lipinski definition) is 1. The fourth-order valence-corrected chi connectivity index (χ4v) is 3.86. The first-order valence-electron chi connectivity index (χ1n) is 8.64. The van der Waals surface area contributed by atoms with Crippen LogP contribution in [0.5, 0.6) is 0 Å². The van der Waals surface area contributed by atoms with Gasteiger partial charge in [0.2, 0.25) is 5.91 Å². The van der Waals surface area contributed by atoms with Gasteiger partial charge in [-0.2, -0.15) is 22.1 Å². The number of amides is 1. The minimum Gasteiger partial charge on any atom is -0.346 e. The molecule has 4 rings (SSSR count). The Balaban J connectivity index is 1.59. The van der Waals surface area contributed by atoms with Gasteiger partial charge in [0.15, 0.2) is 0 Å². The van der Waals surface area contributed by atoms with Crippen LogP contribution in [0.3, 0.4) is 0 Å². The molecule has 138 valence electrons. The normalized spacial score (nSPS) is 15.5. The number of H-pyrrole nitrogens is 1. The van der Waals surface area contributed by atoms with E-state index < -0.39 is 5.54 Å². The zero-order valence-corrected chi connectivity index (χ0v) is 15.7. The van der Waals surface area contributed by atoms with E-state index in [1.54, 1.807) is 18.0 Å². The van der Waals surface area contributed by atoms with Crippen LogP contribution in [0.1, 0.15) is 12.8 Å². The van der Waals surface area contributed by atoms with E-state index in [0.717, 1.165) is 28.0 Å². The summed E-state index contributed by atoms with van der Waals surface area (Å²) >= 11 is 1.66. The summed E-state index contributed by atoms with van der Waals surface area (Å²) in [4.78, 5) is 25.7. The molecule has 1 aliphatic rings. The van der Waals surface area contributed by atoms with Crippen molar-refractivity contribution >= 4 is 28.7 Å². The van der Waals surface area contributed by atoms with E-state index in [4.69, 9.17) is 0 Å². The maximum absolute atomic E-state index is 12.2. The largest absolute Gasteiger partial charge is 0.346 e. The molecule has 0 aromatic carbocycles. The molecule has 8 nitrogen and oxygen atoms in total. The summed E-state index contributed by atoms with van der Waals surface area (Å²) in [5.74, 6) is 0.947. The Morgan fingerprint density at radius 2 is 2.30 bits per heavy atom. The van der Waals surface area contributed by atoms with E-state index in [1.807, 2.05) is 34.3 Å². The summed E-state index contributed by atoms with van der Waals surface area (Å²) in [6.07, 6.45) is 9.84. The van der Waals surface area contributed by atoms with Crippen LogP contribution in [-0.2, 0) is 10.3 Å². The Morgan fingerprint density at radius 3 is 3.07 bits per heavy atom. The molecule has 0 bridgehead atoms. The van der Waals surface area contributed by atoms with Gasteiger partial charge in [0.25, 0.3) is 0 Å². The van der Waals surface area contributed by atoms with Crippen LogP contribution < -0.4 is 0 Å². The van der Waals surface area contributed by atoms with Crippen molar-refractivity contribution in [3.05, 3.63) is 31.0 Å². The number of likely N-dealkylation sites (tertiary alicyclic amines) is 1. The number of nitrogens with one attached hydrogen (secondary N) is 1. The van der Waals surface area contributed by atoms with E-state index in [0.29, 0.717) is 25.9 Å². The molecular formula is C18H19N7OS. The van der Waals surface area contributed by atoms with Gasteiger partial charge < -0.3 is 9.88 Å². The molecule has 0 spiro atoms. The number of hydrogen-bond acceptors (Lipinski definition) is 6. The lowest BCUT2D eigenvalue weighted by Crippen LogP contribution is -2.64. The van der Waals surface area contributed by atoms with Gasteiger partial charge in [-0.3, -0.25) is 9.48 Å². The van der Waals surface area contributed by atoms with Crippen molar-refractivity contribution in [3.63, 3.8) is 0 Å². The van der Waals surface area contributed by atoms with Gasteiger partial charge in [-0.15, -0.1) is 0 Å². The number of nitriles is 1. The summed E-state index contributed by atoms with van der Waals surface area (Å²) in [6.45, 7) is 1.02. The molecule has 9 heteroatoms. The minimum atomic E-state index is -0.466. The maximum Gasteiger partial charge on any atom is 0.223 e. The third kappa shape index (κ3) is 3.06. The molecule has 27 heavy (non-hydrogen) atoms. The molecule has 4 heterocycles. The van der Waals surface area contributed by atoms with Crippen LogP contribution in [0, 0.1) is 11.3 Å². The van der Waals surface area contributed by atoms with Crippen LogP contribution in [0.2, 0.25) is 0 Å². The lowest BCUT2D eigenvalue weighted by Gasteiger charge is -2.49. The molecule has 0 aliphatic carbocycles. The van der Waals surface area contributed by atoms with Crippen LogP contribution >= 0.6 is 11.8 Å². The quantitative estimate of drug-likeness (QED) is 0.701. The van der Waals surface area contributed by atoms with Crippen LogP contribution in [0.25, 0.3) is 22.3 Å². The average molecular weight is 381 g/mol. The van der Waals surface area contributed by atoms with E-state index in [9.17, 15) is 10.1 Å². The zero-order chi connectivity index (χ0) is 18.9. The monoisotopic (exact) mass is 381 g/mol. The van der Waals surface area contributed by atoms with E-state index in [1.165, 1.54) is 6.33 Å². The van der Waals surface area contributed by atoms with Crippen molar-refractivity contribution in [2.24, 2.45) is 0 Å². The second kappa shape index (κ2) is 7.04. The number of aromatic nitrogens is 5. The Kier molecular flexibility index (Phi) is 4.58. The van der Waals surface area contributed by atoms with Gasteiger partial charge >= 0.3 is 0 Å². The Bertz CT molecular complexity index is 1010. The lowest BCUT2D eigenvalue weighted by atomic mass is 9.86. The zero-order valence-electron chi connectivity index (χ0n) is 14.9. The predicted molar refractivity (Wildman–Crippen MR) is 103 cm³/mol. The van der Waals surface area contributed by atoms with Gasteiger partial charge in [-0.25, -0.2) is 9.97 Å². The molecule has 1 fully saturated rings. The molecule has 0 radical (unpaired) electrons. The molecule has 1 amide bonds. The van der Waals surface area contributed by atoms with Crippen molar-refractivity contribution in [2.75, 3.05) is 25.1 Å². The second-order valence-corrected chi connectivity index (χ2v) is 7.67. The number of carbonyl (C=O) groups excluding carboxylic acids is 1. The van der Waals surface area contributed by atoms with E-state index in [2.05, 4.69) is 26.1 Å². The van der Waals surface area contributed by atoms with Gasteiger partial charge in [-0.05, 0) is 12.3 Å². The fraction of sp³-hybridized carbons (Fsp3) is 0.389. The smallest absolute Gasteiger partial charge is 0.223 e. The van der Waals surface area contributed by atoms with Crippen molar-refractivity contribution < 1.29 is 4.79 Å². The number of aromatic amines is 1. The molecule has 1 N–H and O–H groups in total. The molecule has 1 saturated heterocycles. The van der Waals surface area contributed by atoms with Gasteiger partial charge in [-0.1, -0.05) is 0 Å². The predicted octanol–water partition coefficient (Wildman–Crippen LogP) is 2.03. The Hall–Kier alpha value is -2.86. The van der Waals surface area contributed by atoms with Crippen LogP contribution in [0.15, 0.2) is 31.0 Å². The van der Waals surface area contributed by atoms with Gasteiger partial charge in [0.05, 0.1) is 24.4 Å². The number of rotatable bonds is 6. The summed E-state index contributed by atoms with van der Waals surface area (Å²) in [7, 11) is 0. The number of nitrogens with zero attached hydrogens (tertiary/aromatic N) is 6. The lowest BCUT2D eigenvalue weighted by molar-refractivity contribution is -0.142. The van der Waals surface area contributed by atoms with E-state index >= 15 is 0 Å². The molecular weight excluding hydrogens is 362 g/mol. The van der Waals surface area contributed by atoms with E-state index in [-0.39, 0.29) is 5.91 Å². The van der Waals surface area contributed by atoms with Gasteiger partial charge in [0.1, 0.15) is 17.5 Å². The van der Waals surface area contributed by atoms with Crippen molar-refractivity contribution in [3.8, 4) is 17.3 Å². The average Bonchev–Trinajstić information content (AvgIpc) is 3.31. The minimum absolute atomic E-state index is 0.134. The standard InChI is InChI=1S/C18H19N7OS/c1-27-7-3-15(26)24-10-18(11-24,4-5-19)25-9-13(8-23-25)16-14-2-6-20-17(14)22-12-21-16/h2,6,8-9,12H,3-4,7,10-11H2,1H3,(H,20,21,22). The first kappa shape index (κ1) is 17.5. The van der Waals surface area contributed by atoms with Crippen molar-refractivity contribution in [2.45, 2.75) is 18.4 Å². The molecule has 1 aliphatic heterocycles. The van der Waals surface area contributed by atoms with Gasteiger partial charge in [0, 0.05) is 48.6 Å². The third-order valence-corrected chi connectivity index (χ3v) is 5.56. The summed E-state index contributed by atoms with van der Waals surface area (Å²) < 4.78 is 1.82. The Morgan fingerprint density at radius 1 is 1.44 bits per heavy atom. The van der Waals surface area contributed by atoms with Crippen molar-refractivity contribution in [1.29, 1.82) is 5.26 Å². The highest BCUT2D eigenvalue weighted by Crippen LogP contribution is 2.34. The summed E-state index contributed by atoms with van der Waals surface area (Å²) in [6, 6.07) is 4.19. The van der Waals surface area contributed by atoms with Crippen LogP contribution in [0.4, 0.5) is 0 Å².